The molecule has 1 aromatic carbocycles. The van der Waals surface area contributed by atoms with Crippen molar-refractivity contribution in [3.8, 4) is 11.1 Å². The minimum Gasteiger partial charge on any atom is -0.313 e. The molecule has 0 unspecified atom stereocenters. The number of fused-ring (bicyclic) bond motifs is 1. The number of nitrogens with zero attached hydrogens (tertiary/aromatic N) is 4. The van der Waals surface area contributed by atoms with Crippen LogP contribution in [0.4, 0.5) is 32.0 Å². The number of aromatic nitrogens is 3. The van der Waals surface area contributed by atoms with Crippen molar-refractivity contribution in [3.63, 3.8) is 0 Å². The highest BCUT2D eigenvalue weighted by atomic mass is 32.1. The Morgan fingerprint density at radius 1 is 0.974 bits per heavy atom. The third-order valence-corrected chi connectivity index (χ3v) is 7.44. The van der Waals surface area contributed by atoms with E-state index in [2.05, 4.69) is 10.1 Å². The molecule has 0 spiro atoms. The van der Waals surface area contributed by atoms with Crippen molar-refractivity contribution < 1.29 is 31.1 Å². The number of halogens is 6. The Kier molecular flexibility index (Phi) is 6.84. The monoisotopic (exact) mass is 554 g/mol. The number of pyridine rings is 1. The Bertz CT molecular complexity index is 1480. The van der Waals surface area contributed by atoms with Gasteiger partial charge < -0.3 is 4.90 Å². The van der Waals surface area contributed by atoms with Crippen LogP contribution in [0.5, 0.6) is 0 Å². The molecule has 3 heterocycles. The first-order chi connectivity index (χ1) is 17.6. The van der Waals surface area contributed by atoms with Crippen LogP contribution in [0, 0.1) is 6.92 Å². The molecule has 202 valence electrons. The summed E-state index contributed by atoms with van der Waals surface area (Å²) in [6, 6.07) is 1.24. The number of alkyl halides is 6. The highest BCUT2D eigenvalue weighted by Gasteiger charge is 2.41. The number of aryl methyl sites for hydroxylation is 2. The third-order valence-electron chi connectivity index (χ3n) is 6.58. The molecule has 0 aliphatic carbocycles. The third kappa shape index (κ3) is 4.77. The topological polar surface area (TPSA) is 51.0 Å². The summed E-state index contributed by atoms with van der Waals surface area (Å²) < 4.78 is 82.7. The molecular weight excluding hydrogens is 530 g/mol. The fraction of sp³-hybridized carbons (Fsp3) is 0.346. The second kappa shape index (κ2) is 9.40. The Hall–Kier alpha value is -3.41. The van der Waals surface area contributed by atoms with Gasteiger partial charge in [0.25, 0.3) is 0 Å². The highest BCUT2D eigenvalue weighted by molar-refractivity contribution is 7.08. The predicted octanol–water partition coefficient (Wildman–Crippen LogP) is 7.47. The van der Waals surface area contributed by atoms with Crippen LogP contribution >= 0.6 is 11.3 Å². The molecule has 0 aliphatic rings. The van der Waals surface area contributed by atoms with Crippen molar-refractivity contribution in [2.45, 2.75) is 52.0 Å². The molecule has 4 aromatic rings. The number of anilines is 1. The number of rotatable bonds is 5. The molecule has 0 atom stereocenters. The van der Waals surface area contributed by atoms with Crippen molar-refractivity contribution >= 4 is 34.0 Å². The van der Waals surface area contributed by atoms with Gasteiger partial charge in [-0.2, -0.15) is 42.8 Å². The van der Waals surface area contributed by atoms with E-state index in [-0.39, 0.29) is 6.07 Å². The lowest BCUT2D eigenvalue weighted by Crippen LogP contribution is -2.42. The number of hydrogen-bond donors (Lipinski definition) is 0. The van der Waals surface area contributed by atoms with Crippen LogP contribution in [0.3, 0.4) is 0 Å². The molecular formula is C26H24F6N4OS. The van der Waals surface area contributed by atoms with Crippen molar-refractivity contribution in [2.75, 3.05) is 11.9 Å². The average Bonchev–Trinajstić information content (AvgIpc) is 3.46. The van der Waals surface area contributed by atoms with Gasteiger partial charge >= 0.3 is 12.4 Å². The summed E-state index contributed by atoms with van der Waals surface area (Å²) in [6.45, 7) is 6.96. The number of amides is 1. The Balaban J connectivity index is 1.87. The van der Waals surface area contributed by atoms with Gasteiger partial charge in [-0.15, -0.1) is 0 Å². The maximum Gasteiger partial charge on any atom is 0.416 e. The summed E-state index contributed by atoms with van der Waals surface area (Å²) in [4.78, 5) is 19.5. The molecule has 0 radical (unpaired) electrons. The summed E-state index contributed by atoms with van der Waals surface area (Å²) in [5.74, 6) is -0.705. The molecule has 0 saturated carbocycles. The van der Waals surface area contributed by atoms with Gasteiger partial charge in [-0.05, 0) is 73.3 Å². The number of benzene rings is 1. The van der Waals surface area contributed by atoms with E-state index in [9.17, 15) is 31.1 Å². The van der Waals surface area contributed by atoms with E-state index < -0.39 is 40.4 Å². The van der Waals surface area contributed by atoms with E-state index in [1.165, 1.54) is 43.3 Å². The predicted molar refractivity (Wildman–Crippen MR) is 134 cm³/mol. The van der Waals surface area contributed by atoms with Gasteiger partial charge in [-0.1, -0.05) is 0 Å². The number of hydrogen-bond acceptors (Lipinski definition) is 4. The summed E-state index contributed by atoms with van der Waals surface area (Å²) in [6.07, 6.45) is -6.95. The van der Waals surface area contributed by atoms with E-state index in [0.29, 0.717) is 41.0 Å². The smallest absolute Gasteiger partial charge is 0.313 e. The zero-order chi connectivity index (χ0) is 28.2. The SMILES string of the molecule is CCn1ncc2c(-c3cscc3C)c(N(C)C(=O)C(C)(C)c3cc(C(F)(F)F)cc(C(F)(F)F)c3)cnc21. The van der Waals surface area contributed by atoms with E-state index in [1.54, 1.807) is 10.9 Å². The van der Waals surface area contributed by atoms with Crippen LogP contribution in [0.2, 0.25) is 0 Å². The van der Waals surface area contributed by atoms with Crippen molar-refractivity contribution in [1.82, 2.24) is 14.8 Å². The van der Waals surface area contributed by atoms with E-state index in [1.807, 2.05) is 24.6 Å². The molecule has 0 saturated heterocycles. The Labute approximate surface area is 218 Å². The Morgan fingerprint density at radius 2 is 1.55 bits per heavy atom. The second-order valence-corrected chi connectivity index (χ2v) is 10.2. The van der Waals surface area contributed by atoms with Crippen LogP contribution in [0.1, 0.15) is 43.0 Å². The fourth-order valence-electron chi connectivity index (χ4n) is 4.37. The quantitative estimate of drug-likeness (QED) is 0.241. The molecule has 12 heteroatoms. The van der Waals surface area contributed by atoms with E-state index in [0.717, 1.165) is 11.1 Å². The summed E-state index contributed by atoms with van der Waals surface area (Å²) in [5, 5.41) is 8.87. The largest absolute Gasteiger partial charge is 0.416 e. The first kappa shape index (κ1) is 27.6. The Morgan fingerprint density at radius 3 is 2.05 bits per heavy atom. The number of likely N-dealkylation sites (N-methyl/N-ethyl adjacent to an activating group) is 1. The van der Waals surface area contributed by atoms with Crippen molar-refractivity contribution in [3.05, 3.63) is 63.6 Å². The minimum absolute atomic E-state index is 0.0501. The maximum absolute atomic E-state index is 13.8. The standard InChI is InChI=1S/C26H24F6N4OS/c1-6-36-22-18(10-34-36)21(19-13-38-12-14(19)2)20(11-33-22)35(5)23(37)24(3,4)15-7-16(25(27,28)29)9-17(8-15)26(30,31)32/h7-13H,6H2,1-5H3. The van der Waals surface area contributed by atoms with Gasteiger partial charge in [0, 0.05) is 24.5 Å². The number of thiophene rings is 1. The first-order valence-corrected chi connectivity index (χ1v) is 12.5. The van der Waals surface area contributed by atoms with Gasteiger partial charge in [0.05, 0.1) is 34.6 Å². The van der Waals surface area contributed by atoms with Gasteiger partial charge in [-0.25, -0.2) is 9.67 Å². The molecule has 0 bridgehead atoms. The van der Waals surface area contributed by atoms with E-state index in [4.69, 9.17) is 0 Å². The lowest BCUT2D eigenvalue weighted by molar-refractivity contribution is -0.143. The van der Waals surface area contributed by atoms with Crippen LogP contribution in [0.25, 0.3) is 22.2 Å². The normalized spacial score (nSPS) is 12.8. The van der Waals surface area contributed by atoms with Crippen LogP contribution in [-0.4, -0.2) is 27.7 Å². The fourth-order valence-corrected chi connectivity index (χ4v) is 5.21. The van der Waals surface area contributed by atoms with Crippen LogP contribution in [0.15, 0.2) is 41.4 Å². The summed E-state index contributed by atoms with van der Waals surface area (Å²) in [5.41, 5.74) is -1.76. The number of carbonyl (C=O) groups is 1. The zero-order valence-corrected chi connectivity index (χ0v) is 21.9. The second-order valence-electron chi connectivity index (χ2n) is 9.47. The molecule has 0 fully saturated rings. The molecule has 4 rings (SSSR count). The van der Waals surface area contributed by atoms with Gasteiger partial charge in [-0.3, -0.25) is 4.79 Å². The zero-order valence-electron chi connectivity index (χ0n) is 21.1. The van der Waals surface area contributed by atoms with E-state index >= 15 is 0 Å². The van der Waals surface area contributed by atoms with Gasteiger partial charge in [0.1, 0.15) is 0 Å². The van der Waals surface area contributed by atoms with Crippen LogP contribution in [-0.2, 0) is 29.1 Å². The lowest BCUT2D eigenvalue weighted by atomic mass is 9.81. The first-order valence-electron chi connectivity index (χ1n) is 11.5. The van der Waals surface area contributed by atoms with Crippen LogP contribution < -0.4 is 4.90 Å². The maximum atomic E-state index is 13.8. The minimum atomic E-state index is -5.03. The number of carbonyl (C=O) groups excluding carboxylic acids is 1. The van der Waals surface area contributed by atoms with Gasteiger partial charge in [0.15, 0.2) is 5.65 Å². The molecule has 38 heavy (non-hydrogen) atoms. The van der Waals surface area contributed by atoms with Crippen molar-refractivity contribution in [1.29, 1.82) is 0 Å². The summed E-state index contributed by atoms with van der Waals surface area (Å²) >= 11 is 1.46. The molecule has 1 amide bonds. The lowest BCUT2D eigenvalue weighted by Gasteiger charge is -2.32. The molecule has 5 nitrogen and oxygen atoms in total. The average molecular weight is 555 g/mol. The highest BCUT2D eigenvalue weighted by Crippen LogP contribution is 2.42. The van der Waals surface area contributed by atoms with Crippen molar-refractivity contribution in [2.24, 2.45) is 0 Å². The van der Waals surface area contributed by atoms with Gasteiger partial charge in [0.2, 0.25) is 5.91 Å². The molecule has 3 aromatic heterocycles. The molecule has 0 aliphatic heterocycles. The molecule has 0 N–H and O–H groups in total. The summed E-state index contributed by atoms with van der Waals surface area (Å²) in [7, 11) is 1.43.